The number of β-amino-alcohol motifs (C(OH)–C–C–N with tert-alkyl or cyclic N) is 1. The summed E-state index contributed by atoms with van der Waals surface area (Å²) in [5, 5.41) is 28.6. The van der Waals surface area contributed by atoms with Crippen molar-refractivity contribution in [3.8, 4) is 16.9 Å². The van der Waals surface area contributed by atoms with E-state index in [9.17, 15) is 19.8 Å². The van der Waals surface area contributed by atoms with Gasteiger partial charge in [0.2, 0.25) is 11.4 Å². The molecule has 3 N–H and O–H groups in total. The number of anilines is 3. The quantitative estimate of drug-likeness (QED) is 0.247. The van der Waals surface area contributed by atoms with Crippen LogP contribution in [0.5, 0.6) is 0 Å². The van der Waals surface area contributed by atoms with Crippen molar-refractivity contribution in [3.63, 3.8) is 0 Å². The minimum atomic E-state index is -0.943. The summed E-state index contributed by atoms with van der Waals surface area (Å²) in [6.45, 7) is 5.66. The van der Waals surface area contributed by atoms with Crippen molar-refractivity contribution in [2.45, 2.75) is 19.6 Å². The zero-order chi connectivity index (χ0) is 30.4. The fourth-order valence-corrected chi connectivity index (χ4v) is 6.40. The third-order valence-corrected chi connectivity index (χ3v) is 8.93. The van der Waals surface area contributed by atoms with Crippen LogP contribution >= 0.6 is 11.3 Å². The summed E-state index contributed by atoms with van der Waals surface area (Å²) in [7, 11) is 0. The van der Waals surface area contributed by atoms with Crippen molar-refractivity contribution in [3.05, 3.63) is 75.7 Å². The number of hydrogen-bond donors (Lipinski definition) is 3. The predicted molar refractivity (Wildman–Crippen MR) is 166 cm³/mol. The number of amides is 1. The lowest BCUT2D eigenvalue weighted by molar-refractivity contribution is -0.00297. The SMILES string of the molecule is Cc1nn(-c2ccnc(Nc3ccc(-c4csc5c(=O)cc(N6CCN(C(=O)O)CC6)oc45)cc3)n2)cc1CN1CC(O)C1. The second-order valence-electron chi connectivity index (χ2n) is 11.0. The van der Waals surface area contributed by atoms with Gasteiger partial charge in [-0.2, -0.15) is 10.1 Å². The first-order valence-electron chi connectivity index (χ1n) is 14.3. The number of fused-ring (bicyclic) bond motifs is 1. The van der Waals surface area contributed by atoms with E-state index in [0.717, 1.165) is 34.6 Å². The first-order chi connectivity index (χ1) is 21.3. The Morgan fingerprint density at radius 2 is 1.91 bits per heavy atom. The molecule has 5 aromatic rings. The van der Waals surface area contributed by atoms with Crippen LogP contribution in [0.2, 0.25) is 0 Å². The van der Waals surface area contributed by atoms with Crippen LogP contribution in [0.4, 0.5) is 22.3 Å². The molecular weight excluding hydrogens is 584 g/mol. The lowest BCUT2D eigenvalue weighted by Crippen LogP contribution is -2.49. The van der Waals surface area contributed by atoms with Crippen molar-refractivity contribution in [1.29, 1.82) is 0 Å². The summed E-state index contributed by atoms with van der Waals surface area (Å²) in [6, 6.07) is 11.0. The molecule has 2 fully saturated rings. The van der Waals surface area contributed by atoms with Crippen LogP contribution in [0.25, 0.3) is 27.2 Å². The smallest absolute Gasteiger partial charge is 0.407 e. The number of hydrogen-bond acceptors (Lipinski definition) is 11. The number of aliphatic hydroxyl groups excluding tert-OH is 1. The summed E-state index contributed by atoms with van der Waals surface area (Å²) in [5.74, 6) is 1.51. The lowest BCUT2D eigenvalue weighted by Gasteiger charge is -2.35. The number of piperazine rings is 1. The Bertz CT molecular complexity index is 1890. The molecule has 0 radical (unpaired) electrons. The number of aryl methyl sites for hydroxylation is 1. The van der Waals surface area contributed by atoms with Gasteiger partial charge >= 0.3 is 6.09 Å². The molecular formula is C30H30N8O5S. The zero-order valence-corrected chi connectivity index (χ0v) is 24.7. The van der Waals surface area contributed by atoms with Crippen LogP contribution < -0.4 is 15.6 Å². The highest BCUT2D eigenvalue weighted by Gasteiger charge is 2.26. The molecule has 7 rings (SSSR count). The highest BCUT2D eigenvalue weighted by molar-refractivity contribution is 7.17. The molecule has 44 heavy (non-hydrogen) atoms. The highest BCUT2D eigenvalue weighted by Crippen LogP contribution is 2.35. The molecule has 4 aromatic heterocycles. The van der Waals surface area contributed by atoms with Crippen LogP contribution in [0.3, 0.4) is 0 Å². The van der Waals surface area contributed by atoms with E-state index in [-0.39, 0.29) is 11.5 Å². The summed E-state index contributed by atoms with van der Waals surface area (Å²) in [5.41, 5.74) is 4.90. The van der Waals surface area contributed by atoms with E-state index in [1.165, 1.54) is 22.3 Å². The van der Waals surface area contributed by atoms with Gasteiger partial charge in [-0.1, -0.05) is 12.1 Å². The maximum Gasteiger partial charge on any atom is 0.407 e. The maximum absolute atomic E-state index is 12.9. The molecule has 1 aromatic carbocycles. The average molecular weight is 615 g/mol. The molecule has 0 atom stereocenters. The van der Waals surface area contributed by atoms with Gasteiger partial charge in [-0.25, -0.2) is 14.5 Å². The highest BCUT2D eigenvalue weighted by atomic mass is 32.1. The number of aromatic nitrogens is 4. The third kappa shape index (κ3) is 5.50. The number of nitrogens with zero attached hydrogens (tertiary/aromatic N) is 7. The first kappa shape index (κ1) is 28.0. The maximum atomic E-state index is 12.9. The second kappa shape index (κ2) is 11.4. The van der Waals surface area contributed by atoms with E-state index in [1.807, 2.05) is 47.7 Å². The summed E-state index contributed by atoms with van der Waals surface area (Å²) >= 11 is 1.34. The molecule has 0 bridgehead atoms. The number of carbonyl (C=O) groups is 1. The van der Waals surface area contributed by atoms with Gasteiger partial charge < -0.3 is 29.7 Å². The number of benzene rings is 1. The van der Waals surface area contributed by atoms with Gasteiger partial charge in [0.15, 0.2) is 17.3 Å². The Labute approximate surface area is 255 Å². The number of thiophene rings is 1. The summed E-state index contributed by atoms with van der Waals surface area (Å²) in [4.78, 5) is 38.6. The van der Waals surface area contributed by atoms with Crippen LogP contribution in [0, 0.1) is 6.92 Å². The van der Waals surface area contributed by atoms with E-state index in [4.69, 9.17) is 4.42 Å². The predicted octanol–water partition coefficient (Wildman–Crippen LogP) is 3.53. The molecule has 1 amide bonds. The molecule has 0 saturated carbocycles. The molecule has 2 saturated heterocycles. The standard InChI is InChI=1S/C30H30N8O5S/c1-18-20(13-35-15-22(39)16-35)14-38(34-18)25-6-7-31-29(33-25)32-21-4-2-19(3-5-21)23-17-44-28-24(40)12-26(43-27(23)28)36-8-10-37(11-9-36)30(41)42/h2-7,12,14,17,22,39H,8-11,13,15-16H2,1H3,(H,41,42)(H,31,32,33). The van der Waals surface area contributed by atoms with Crippen molar-refractivity contribution in [1.82, 2.24) is 29.5 Å². The molecule has 2 aliphatic heterocycles. The molecule has 0 aliphatic carbocycles. The van der Waals surface area contributed by atoms with Gasteiger partial charge in [-0.05, 0) is 24.6 Å². The van der Waals surface area contributed by atoms with Crippen LogP contribution in [-0.2, 0) is 6.54 Å². The Kier molecular flexibility index (Phi) is 7.24. The second-order valence-corrected chi connectivity index (χ2v) is 11.9. The minimum absolute atomic E-state index is 0.118. The number of rotatable bonds is 7. The Balaban J connectivity index is 1.07. The number of likely N-dealkylation sites (tertiary alicyclic amines) is 1. The van der Waals surface area contributed by atoms with Crippen molar-refractivity contribution in [2.24, 2.45) is 0 Å². The molecule has 2 aliphatic rings. The Morgan fingerprint density at radius 1 is 1.14 bits per heavy atom. The minimum Gasteiger partial charge on any atom is -0.465 e. The molecule has 13 nitrogen and oxygen atoms in total. The summed E-state index contributed by atoms with van der Waals surface area (Å²) < 4.78 is 8.53. The third-order valence-electron chi connectivity index (χ3n) is 7.95. The van der Waals surface area contributed by atoms with Gasteiger partial charge in [0.05, 0.1) is 11.8 Å². The largest absolute Gasteiger partial charge is 0.465 e. The lowest BCUT2D eigenvalue weighted by atomic mass is 10.1. The monoisotopic (exact) mass is 614 g/mol. The molecule has 0 unspecified atom stereocenters. The fourth-order valence-electron chi connectivity index (χ4n) is 5.48. The molecule has 14 heteroatoms. The normalized spacial score (nSPS) is 16.0. The average Bonchev–Trinajstić information content (AvgIpc) is 3.61. The van der Waals surface area contributed by atoms with Crippen molar-refractivity contribution in [2.75, 3.05) is 49.5 Å². The van der Waals surface area contributed by atoms with Gasteiger partial charge in [-0.3, -0.25) is 9.69 Å². The van der Waals surface area contributed by atoms with Crippen LogP contribution in [0.15, 0.2) is 63.4 Å². The van der Waals surface area contributed by atoms with Crippen molar-refractivity contribution < 1.29 is 19.4 Å². The van der Waals surface area contributed by atoms with Gasteiger partial charge in [0, 0.05) is 92.5 Å². The van der Waals surface area contributed by atoms with E-state index in [2.05, 4.69) is 25.3 Å². The first-order valence-corrected chi connectivity index (χ1v) is 15.1. The number of aliphatic hydroxyl groups is 1. The van der Waals surface area contributed by atoms with E-state index in [1.54, 1.807) is 16.9 Å². The molecule has 6 heterocycles. The number of carboxylic acid groups (broad SMARTS) is 1. The Morgan fingerprint density at radius 3 is 2.64 bits per heavy atom. The van der Waals surface area contributed by atoms with Crippen molar-refractivity contribution >= 4 is 45.2 Å². The summed E-state index contributed by atoms with van der Waals surface area (Å²) in [6.07, 6.45) is 2.46. The zero-order valence-electron chi connectivity index (χ0n) is 23.9. The number of nitrogens with one attached hydrogen (secondary N) is 1. The molecule has 226 valence electrons. The van der Waals surface area contributed by atoms with Crippen LogP contribution in [0.1, 0.15) is 11.3 Å². The fraction of sp³-hybridized carbons (Fsp3) is 0.300. The Hall–Kier alpha value is -4.79. The van der Waals surface area contributed by atoms with E-state index < -0.39 is 6.09 Å². The van der Waals surface area contributed by atoms with Gasteiger partial charge in [-0.15, -0.1) is 11.3 Å². The molecule has 0 spiro atoms. The van der Waals surface area contributed by atoms with Crippen LogP contribution in [-0.4, -0.2) is 91.2 Å². The topological polar surface area (TPSA) is 153 Å². The van der Waals surface area contributed by atoms with E-state index in [0.29, 0.717) is 67.2 Å². The van der Waals surface area contributed by atoms with E-state index >= 15 is 0 Å². The van der Waals surface area contributed by atoms with Gasteiger partial charge in [0.25, 0.3) is 0 Å². The van der Waals surface area contributed by atoms with Gasteiger partial charge in [0.1, 0.15) is 4.70 Å².